The first kappa shape index (κ1) is 10.0. The van der Waals surface area contributed by atoms with Gasteiger partial charge in [0.25, 0.3) is 0 Å². The number of aryl methyl sites for hydroxylation is 1. The molecule has 0 fully saturated rings. The number of thiophene rings is 1. The molecule has 1 N–H and O–H groups in total. The SMILES string of the molecule is Cc1cc2c(C(C)C(=O)O)ncnc2s1. The number of aromatic nitrogens is 2. The second kappa shape index (κ2) is 3.58. The molecule has 2 heterocycles. The molecular weight excluding hydrogens is 212 g/mol. The van der Waals surface area contributed by atoms with Crippen LogP contribution < -0.4 is 0 Å². The van der Waals surface area contributed by atoms with Gasteiger partial charge in [0.05, 0.1) is 11.6 Å². The van der Waals surface area contributed by atoms with Crippen molar-refractivity contribution in [1.29, 1.82) is 0 Å². The van der Waals surface area contributed by atoms with E-state index in [9.17, 15) is 4.79 Å². The van der Waals surface area contributed by atoms with Crippen LogP contribution in [-0.2, 0) is 4.79 Å². The molecule has 4 nitrogen and oxygen atoms in total. The molecule has 2 aromatic rings. The molecular formula is C10H10N2O2S. The fourth-order valence-corrected chi connectivity index (χ4v) is 2.31. The second-order valence-corrected chi connectivity index (χ2v) is 4.63. The summed E-state index contributed by atoms with van der Waals surface area (Å²) in [5.74, 6) is -1.46. The Morgan fingerprint density at radius 1 is 1.53 bits per heavy atom. The molecule has 0 aliphatic rings. The lowest BCUT2D eigenvalue weighted by atomic mass is 10.1. The number of carbonyl (C=O) groups is 1. The summed E-state index contributed by atoms with van der Waals surface area (Å²) < 4.78 is 0. The highest BCUT2D eigenvalue weighted by Gasteiger charge is 2.19. The molecule has 78 valence electrons. The summed E-state index contributed by atoms with van der Waals surface area (Å²) in [6.45, 7) is 3.61. The summed E-state index contributed by atoms with van der Waals surface area (Å²) in [4.78, 5) is 21.0. The first-order chi connectivity index (χ1) is 7.09. The Hall–Kier alpha value is -1.49. The Kier molecular flexibility index (Phi) is 2.40. The van der Waals surface area contributed by atoms with Crippen molar-refractivity contribution in [2.45, 2.75) is 19.8 Å². The van der Waals surface area contributed by atoms with Crippen LogP contribution in [0.1, 0.15) is 23.4 Å². The number of fused-ring (bicyclic) bond motifs is 1. The van der Waals surface area contributed by atoms with E-state index in [4.69, 9.17) is 5.11 Å². The van der Waals surface area contributed by atoms with Gasteiger partial charge in [-0.1, -0.05) is 0 Å². The fourth-order valence-electron chi connectivity index (χ4n) is 1.46. The zero-order valence-corrected chi connectivity index (χ0v) is 9.21. The summed E-state index contributed by atoms with van der Waals surface area (Å²) in [7, 11) is 0. The maximum absolute atomic E-state index is 10.9. The van der Waals surface area contributed by atoms with E-state index in [1.54, 1.807) is 18.3 Å². The number of aliphatic carboxylic acids is 1. The third-order valence-corrected chi connectivity index (χ3v) is 3.22. The van der Waals surface area contributed by atoms with Gasteiger partial charge in [-0.2, -0.15) is 0 Å². The first-order valence-corrected chi connectivity index (χ1v) is 5.35. The summed E-state index contributed by atoms with van der Waals surface area (Å²) in [5.41, 5.74) is 0.594. The molecule has 0 saturated heterocycles. The monoisotopic (exact) mass is 222 g/mol. The normalized spacial score (nSPS) is 12.9. The number of carboxylic acids is 1. The molecule has 1 atom stereocenters. The predicted octanol–water partition coefficient (Wildman–Crippen LogP) is 2.19. The van der Waals surface area contributed by atoms with Crippen molar-refractivity contribution in [3.05, 3.63) is 23.0 Å². The van der Waals surface area contributed by atoms with Crippen LogP contribution in [0.5, 0.6) is 0 Å². The largest absolute Gasteiger partial charge is 0.481 e. The molecule has 0 spiro atoms. The predicted molar refractivity (Wildman–Crippen MR) is 58.2 cm³/mol. The minimum Gasteiger partial charge on any atom is -0.481 e. The van der Waals surface area contributed by atoms with E-state index < -0.39 is 11.9 Å². The van der Waals surface area contributed by atoms with Gasteiger partial charge >= 0.3 is 5.97 Å². The average molecular weight is 222 g/mol. The average Bonchev–Trinajstić information content (AvgIpc) is 2.56. The number of nitrogens with zero attached hydrogens (tertiary/aromatic N) is 2. The zero-order valence-electron chi connectivity index (χ0n) is 8.39. The second-order valence-electron chi connectivity index (χ2n) is 3.39. The van der Waals surface area contributed by atoms with Gasteiger partial charge in [-0.25, -0.2) is 9.97 Å². The van der Waals surface area contributed by atoms with Crippen molar-refractivity contribution >= 4 is 27.5 Å². The lowest BCUT2D eigenvalue weighted by molar-refractivity contribution is -0.138. The summed E-state index contributed by atoms with van der Waals surface area (Å²) in [6.07, 6.45) is 1.42. The van der Waals surface area contributed by atoms with Crippen molar-refractivity contribution in [2.24, 2.45) is 0 Å². The number of hydrogen-bond acceptors (Lipinski definition) is 4. The molecule has 0 aliphatic carbocycles. The van der Waals surface area contributed by atoms with Gasteiger partial charge in [0.2, 0.25) is 0 Å². The van der Waals surface area contributed by atoms with Crippen LogP contribution in [0.4, 0.5) is 0 Å². The Morgan fingerprint density at radius 3 is 2.93 bits per heavy atom. The Bertz CT molecular complexity index is 521. The van der Waals surface area contributed by atoms with E-state index in [1.807, 2.05) is 13.0 Å². The van der Waals surface area contributed by atoms with Crippen molar-refractivity contribution in [3.8, 4) is 0 Å². The minimum absolute atomic E-state index is 0.593. The molecule has 15 heavy (non-hydrogen) atoms. The molecule has 0 aliphatic heterocycles. The number of rotatable bonds is 2. The maximum atomic E-state index is 10.9. The molecule has 0 radical (unpaired) electrons. The quantitative estimate of drug-likeness (QED) is 0.846. The van der Waals surface area contributed by atoms with Gasteiger partial charge in [-0.05, 0) is 19.9 Å². The van der Waals surface area contributed by atoms with Gasteiger partial charge in [0, 0.05) is 10.3 Å². The molecule has 2 rings (SSSR count). The van der Waals surface area contributed by atoms with E-state index in [0.29, 0.717) is 5.69 Å². The van der Waals surface area contributed by atoms with Crippen LogP contribution in [0.15, 0.2) is 12.4 Å². The van der Waals surface area contributed by atoms with E-state index in [1.165, 1.54) is 6.33 Å². The van der Waals surface area contributed by atoms with Gasteiger partial charge in [-0.15, -0.1) is 11.3 Å². The summed E-state index contributed by atoms with van der Waals surface area (Å²) >= 11 is 1.55. The number of carboxylic acid groups (broad SMARTS) is 1. The van der Waals surface area contributed by atoms with E-state index in [2.05, 4.69) is 9.97 Å². The van der Waals surface area contributed by atoms with Crippen LogP contribution in [0, 0.1) is 6.92 Å². The molecule has 0 aromatic carbocycles. The van der Waals surface area contributed by atoms with Crippen LogP contribution >= 0.6 is 11.3 Å². The van der Waals surface area contributed by atoms with Crippen molar-refractivity contribution in [2.75, 3.05) is 0 Å². The highest BCUT2D eigenvalue weighted by Crippen LogP contribution is 2.28. The van der Waals surface area contributed by atoms with Crippen LogP contribution in [0.25, 0.3) is 10.2 Å². The van der Waals surface area contributed by atoms with E-state index in [0.717, 1.165) is 15.1 Å². The molecule has 5 heteroatoms. The Morgan fingerprint density at radius 2 is 2.27 bits per heavy atom. The third-order valence-electron chi connectivity index (χ3n) is 2.26. The zero-order chi connectivity index (χ0) is 11.0. The van der Waals surface area contributed by atoms with Gasteiger partial charge < -0.3 is 5.11 Å². The number of hydrogen-bond donors (Lipinski definition) is 1. The van der Waals surface area contributed by atoms with Crippen molar-refractivity contribution < 1.29 is 9.90 Å². The van der Waals surface area contributed by atoms with Crippen molar-refractivity contribution in [3.63, 3.8) is 0 Å². The minimum atomic E-state index is -0.862. The van der Waals surface area contributed by atoms with Gasteiger partial charge in [0.15, 0.2) is 0 Å². The van der Waals surface area contributed by atoms with Crippen molar-refractivity contribution in [1.82, 2.24) is 9.97 Å². The van der Waals surface area contributed by atoms with Gasteiger partial charge in [-0.3, -0.25) is 4.79 Å². The summed E-state index contributed by atoms with van der Waals surface area (Å²) in [6, 6.07) is 1.94. The molecule has 1 unspecified atom stereocenters. The standard InChI is InChI=1S/C10H10N2O2S/c1-5-3-7-8(6(2)10(13)14)11-4-12-9(7)15-5/h3-4,6H,1-2H3,(H,13,14). The maximum Gasteiger partial charge on any atom is 0.312 e. The van der Waals surface area contributed by atoms with Gasteiger partial charge in [0.1, 0.15) is 11.2 Å². The fraction of sp³-hybridized carbons (Fsp3) is 0.300. The van der Waals surface area contributed by atoms with Crippen LogP contribution in [0.2, 0.25) is 0 Å². The van der Waals surface area contributed by atoms with Crippen LogP contribution in [0.3, 0.4) is 0 Å². The smallest absolute Gasteiger partial charge is 0.312 e. The van der Waals surface area contributed by atoms with Crippen LogP contribution in [-0.4, -0.2) is 21.0 Å². The third kappa shape index (κ3) is 1.70. The topological polar surface area (TPSA) is 63.1 Å². The Labute approximate surface area is 90.6 Å². The summed E-state index contributed by atoms with van der Waals surface area (Å²) in [5, 5.41) is 9.80. The highest BCUT2D eigenvalue weighted by atomic mass is 32.1. The van der Waals surface area contributed by atoms with E-state index >= 15 is 0 Å². The highest BCUT2D eigenvalue weighted by molar-refractivity contribution is 7.18. The molecule has 2 aromatic heterocycles. The first-order valence-electron chi connectivity index (χ1n) is 4.53. The lowest BCUT2D eigenvalue weighted by Gasteiger charge is -2.05. The lowest BCUT2D eigenvalue weighted by Crippen LogP contribution is -2.09. The molecule has 0 bridgehead atoms. The van der Waals surface area contributed by atoms with E-state index in [-0.39, 0.29) is 0 Å². The molecule has 0 saturated carbocycles. The Balaban J connectivity index is 2.64. The molecule has 0 amide bonds.